The highest BCUT2D eigenvalue weighted by Crippen LogP contribution is 2.27. The van der Waals surface area contributed by atoms with E-state index in [9.17, 15) is 10.1 Å². The second kappa shape index (κ2) is 6.34. The Kier molecular flexibility index (Phi) is 4.53. The highest BCUT2D eigenvalue weighted by atomic mass is 35.5. The lowest BCUT2D eigenvalue weighted by Gasteiger charge is -2.07. The van der Waals surface area contributed by atoms with Crippen LogP contribution in [0.15, 0.2) is 36.4 Å². The number of nitrogens with one attached hydrogen (secondary N) is 1. The zero-order valence-corrected chi connectivity index (χ0v) is 11.7. The standard InChI is InChI=1S/C14H14ClN3O2/c1-2-3-10-4-6-11(7-5-10)16-14-12(18(19)20)8-9-13(15)17-14/h4-9H,2-3H2,1H3,(H,16,17). The maximum Gasteiger partial charge on any atom is 0.311 e. The first-order valence-electron chi connectivity index (χ1n) is 6.27. The summed E-state index contributed by atoms with van der Waals surface area (Å²) < 4.78 is 0. The molecule has 104 valence electrons. The Hall–Kier alpha value is -2.14. The molecular weight excluding hydrogens is 278 g/mol. The summed E-state index contributed by atoms with van der Waals surface area (Å²) in [5.41, 5.74) is 1.86. The number of nitrogens with zero attached hydrogens (tertiary/aromatic N) is 2. The smallest absolute Gasteiger partial charge is 0.311 e. The van der Waals surface area contributed by atoms with Gasteiger partial charge in [-0.15, -0.1) is 0 Å². The molecule has 1 N–H and O–H groups in total. The second-order valence-corrected chi connectivity index (χ2v) is 4.72. The summed E-state index contributed by atoms with van der Waals surface area (Å²) in [4.78, 5) is 14.4. The third kappa shape index (κ3) is 3.45. The molecule has 1 aromatic carbocycles. The van der Waals surface area contributed by atoms with Gasteiger partial charge >= 0.3 is 5.69 Å². The third-order valence-corrected chi connectivity index (χ3v) is 3.00. The Bertz CT molecular complexity index is 614. The van der Waals surface area contributed by atoms with Crippen LogP contribution < -0.4 is 5.32 Å². The zero-order valence-electron chi connectivity index (χ0n) is 11.0. The fraction of sp³-hybridized carbons (Fsp3) is 0.214. The van der Waals surface area contributed by atoms with Crippen molar-refractivity contribution in [1.29, 1.82) is 0 Å². The number of hydrogen-bond acceptors (Lipinski definition) is 4. The van der Waals surface area contributed by atoms with Crippen LogP contribution in [0.4, 0.5) is 17.2 Å². The van der Waals surface area contributed by atoms with Gasteiger partial charge in [-0.3, -0.25) is 10.1 Å². The van der Waals surface area contributed by atoms with Crippen LogP contribution in [0.5, 0.6) is 0 Å². The highest BCUT2D eigenvalue weighted by molar-refractivity contribution is 6.29. The summed E-state index contributed by atoms with van der Waals surface area (Å²) in [6, 6.07) is 10.5. The van der Waals surface area contributed by atoms with E-state index in [0.717, 1.165) is 18.5 Å². The molecule has 0 saturated heterocycles. The van der Waals surface area contributed by atoms with Crippen molar-refractivity contribution < 1.29 is 4.92 Å². The maximum atomic E-state index is 10.9. The molecular formula is C14H14ClN3O2. The molecule has 0 amide bonds. The zero-order chi connectivity index (χ0) is 14.5. The van der Waals surface area contributed by atoms with Gasteiger partial charge in [0.25, 0.3) is 0 Å². The monoisotopic (exact) mass is 291 g/mol. The van der Waals surface area contributed by atoms with Crippen molar-refractivity contribution in [1.82, 2.24) is 4.98 Å². The van der Waals surface area contributed by atoms with E-state index in [4.69, 9.17) is 11.6 Å². The molecule has 0 aliphatic carbocycles. The van der Waals surface area contributed by atoms with Crippen molar-refractivity contribution in [3.05, 3.63) is 57.2 Å². The van der Waals surface area contributed by atoms with E-state index in [1.54, 1.807) is 0 Å². The van der Waals surface area contributed by atoms with E-state index in [0.29, 0.717) is 0 Å². The van der Waals surface area contributed by atoms with Crippen molar-refractivity contribution in [3.63, 3.8) is 0 Å². The summed E-state index contributed by atoms with van der Waals surface area (Å²) in [7, 11) is 0. The lowest BCUT2D eigenvalue weighted by atomic mass is 10.1. The molecule has 0 aliphatic heterocycles. The Labute approximate surface area is 121 Å². The van der Waals surface area contributed by atoms with Gasteiger partial charge in [-0.2, -0.15) is 0 Å². The molecule has 0 spiro atoms. The van der Waals surface area contributed by atoms with Crippen LogP contribution >= 0.6 is 11.6 Å². The number of halogens is 1. The van der Waals surface area contributed by atoms with E-state index < -0.39 is 4.92 Å². The molecule has 2 rings (SSSR count). The van der Waals surface area contributed by atoms with Crippen molar-refractivity contribution in [2.75, 3.05) is 5.32 Å². The number of aryl methyl sites for hydroxylation is 1. The van der Waals surface area contributed by atoms with Gasteiger partial charge in [-0.05, 0) is 30.2 Å². The quantitative estimate of drug-likeness (QED) is 0.505. The van der Waals surface area contributed by atoms with Crippen LogP contribution in [0.1, 0.15) is 18.9 Å². The molecule has 6 heteroatoms. The number of benzene rings is 1. The highest BCUT2D eigenvalue weighted by Gasteiger charge is 2.15. The van der Waals surface area contributed by atoms with Gasteiger partial charge in [-0.1, -0.05) is 37.1 Å². The molecule has 5 nitrogen and oxygen atoms in total. The predicted octanol–water partition coefficient (Wildman–Crippen LogP) is 4.34. The molecule has 1 aromatic heterocycles. The summed E-state index contributed by atoms with van der Waals surface area (Å²) in [6.07, 6.45) is 2.09. The number of rotatable bonds is 5. The Morgan fingerprint density at radius 1 is 1.25 bits per heavy atom. The van der Waals surface area contributed by atoms with E-state index in [1.165, 1.54) is 17.7 Å². The fourth-order valence-electron chi connectivity index (χ4n) is 1.85. The van der Waals surface area contributed by atoms with Crippen molar-refractivity contribution in [2.45, 2.75) is 19.8 Å². The summed E-state index contributed by atoms with van der Waals surface area (Å²) >= 11 is 5.78. The lowest BCUT2D eigenvalue weighted by molar-refractivity contribution is -0.384. The Morgan fingerprint density at radius 2 is 1.95 bits per heavy atom. The first-order chi connectivity index (χ1) is 9.60. The molecule has 0 saturated carbocycles. The van der Waals surface area contributed by atoms with Gasteiger partial charge in [0.05, 0.1) is 4.92 Å². The van der Waals surface area contributed by atoms with Crippen molar-refractivity contribution in [2.24, 2.45) is 0 Å². The van der Waals surface area contributed by atoms with E-state index in [2.05, 4.69) is 17.2 Å². The topological polar surface area (TPSA) is 68.1 Å². The molecule has 2 aromatic rings. The van der Waals surface area contributed by atoms with Gasteiger partial charge in [-0.25, -0.2) is 4.98 Å². The van der Waals surface area contributed by atoms with E-state index >= 15 is 0 Å². The summed E-state index contributed by atoms with van der Waals surface area (Å²) in [5.74, 6) is 0.144. The predicted molar refractivity (Wildman–Crippen MR) is 79.6 cm³/mol. The van der Waals surface area contributed by atoms with Gasteiger partial charge < -0.3 is 5.32 Å². The largest absolute Gasteiger partial charge is 0.334 e. The van der Waals surface area contributed by atoms with Crippen LogP contribution in [0.25, 0.3) is 0 Å². The average molecular weight is 292 g/mol. The molecule has 20 heavy (non-hydrogen) atoms. The van der Waals surface area contributed by atoms with E-state index in [1.807, 2.05) is 24.3 Å². The molecule has 0 bridgehead atoms. The van der Waals surface area contributed by atoms with Crippen LogP contribution in [-0.2, 0) is 6.42 Å². The van der Waals surface area contributed by atoms with Gasteiger partial charge in [0, 0.05) is 11.8 Å². The van der Waals surface area contributed by atoms with Gasteiger partial charge in [0.1, 0.15) is 5.15 Å². The molecule has 0 fully saturated rings. The SMILES string of the molecule is CCCc1ccc(Nc2nc(Cl)ccc2[N+](=O)[O-])cc1. The van der Waals surface area contributed by atoms with Crippen LogP contribution in [0, 0.1) is 10.1 Å². The Morgan fingerprint density at radius 3 is 2.55 bits per heavy atom. The number of hydrogen-bond donors (Lipinski definition) is 1. The molecule has 1 heterocycles. The lowest BCUT2D eigenvalue weighted by Crippen LogP contribution is -2.00. The first-order valence-corrected chi connectivity index (χ1v) is 6.65. The van der Waals surface area contributed by atoms with Crippen LogP contribution in [0.2, 0.25) is 5.15 Å². The molecule has 0 aliphatic rings. The fourth-order valence-corrected chi connectivity index (χ4v) is 1.99. The van der Waals surface area contributed by atoms with E-state index in [-0.39, 0.29) is 16.7 Å². The minimum absolute atomic E-state index is 0.105. The number of nitro groups is 1. The van der Waals surface area contributed by atoms with Gasteiger partial charge in [0.15, 0.2) is 0 Å². The van der Waals surface area contributed by atoms with Gasteiger partial charge in [0.2, 0.25) is 5.82 Å². The maximum absolute atomic E-state index is 10.9. The van der Waals surface area contributed by atoms with Crippen molar-refractivity contribution >= 4 is 28.8 Å². The first kappa shape index (κ1) is 14.3. The normalized spacial score (nSPS) is 10.3. The summed E-state index contributed by atoms with van der Waals surface area (Å²) in [5, 5.41) is 14.1. The second-order valence-electron chi connectivity index (χ2n) is 4.33. The number of pyridine rings is 1. The van der Waals surface area contributed by atoms with Crippen molar-refractivity contribution in [3.8, 4) is 0 Å². The third-order valence-electron chi connectivity index (χ3n) is 2.79. The molecule has 0 unspecified atom stereocenters. The van der Waals surface area contributed by atoms with Crippen LogP contribution in [-0.4, -0.2) is 9.91 Å². The summed E-state index contributed by atoms with van der Waals surface area (Å²) in [6.45, 7) is 2.12. The van der Waals surface area contributed by atoms with Crippen LogP contribution in [0.3, 0.4) is 0 Å². The minimum Gasteiger partial charge on any atom is -0.334 e. The molecule has 0 radical (unpaired) electrons. The minimum atomic E-state index is -0.489. The number of anilines is 2. The molecule has 0 atom stereocenters. The number of aromatic nitrogens is 1. The Balaban J connectivity index is 2.25. The average Bonchev–Trinajstić information content (AvgIpc) is 2.41.